The quantitative estimate of drug-likeness (QED) is 0.774. The van der Waals surface area contributed by atoms with Crippen LogP contribution in [0.5, 0.6) is 11.6 Å². The lowest BCUT2D eigenvalue weighted by molar-refractivity contribution is 0.00276. The molecular formula is C23H28N2O. The van der Waals surface area contributed by atoms with Gasteiger partial charge in [-0.05, 0) is 81.4 Å². The van der Waals surface area contributed by atoms with E-state index >= 15 is 0 Å². The lowest BCUT2D eigenvalue weighted by atomic mass is 9.52. The third-order valence-electron chi connectivity index (χ3n) is 7.26. The summed E-state index contributed by atoms with van der Waals surface area (Å²) >= 11 is 0. The zero-order chi connectivity index (χ0) is 17.7. The fraction of sp³-hybridized carbons (Fsp3) is 0.522. The first-order valence-corrected chi connectivity index (χ1v) is 10.1. The molecule has 0 spiro atoms. The van der Waals surface area contributed by atoms with E-state index in [0.29, 0.717) is 5.41 Å². The maximum atomic E-state index is 6.19. The van der Waals surface area contributed by atoms with Gasteiger partial charge in [-0.3, -0.25) is 0 Å². The fourth-order valence-electron chi connectivity index (χ4n) is 5.93. The summed E-state index contributed by atoms with van der Waals surface area (Å²) in [4.78, 5) is 7.03. The minimum absolute atomic E-state index is 0.377. The van der Waals surface area contributed by atoms with E-state index in [2.05, 4.69) is 48.1 Å². The molecule has 3 aliphatic rings. The highest BCUT2D eigenvalue weighted by molar-refractivity contribution is 5.46. The average molecular weight is 348 g/mol. The van der Waals surface area contributed by atoms with Gasteiger partial charge in [0.2, 0.25) is 5.88 Å². The van der Waals surface area contributed by atoms with E-state index in [9.17, 15) is 0 Å². The predicted molar refractivity (Wildman–Crippen MR) is 104 cm³/mol. The molecule has 1 aliphatic heterocycles. The van der Waals surface area contributed by atoms with Gasteiger partial charge < -0.3 is 9.64 Å². The Labute approximate surface area is 156 Å². The number of nitrogens with zero attached hydrogens (tertiary/aromatic N) is 2. The number of aryl methyl sites for hydroxylation is 1. The van der Waals surface area contributed by atoms with E-state index in [1.54, 1.807) is 17.3 Å². The predicted octanol–water partition coefficient (Wildman–Crippen LogP) is 4.87. The van der Waals surface area contributed by atoms with Gasteiger partial charge >= 0.3 is 0 Å². The molecule has 1 saturated heterocycles. The monoisotopic (exact) mass is 348 g/mol. The zero-order valence-corrected chi connectivity index (χ0v) is 15.9. The Hall–Kier alpha value is -1.87. The summed E-state index contributed by atoms with van der Waals surface area (Å²) in [6, 6.07) is 11.5. The van der Waals surface area contributed by atoms with Crippen molar-refractivity contribution in [2.45, 2.75) is 56.9 Å². The Bertz CT molecular complexity index is 833. The number of aromatic nitrogens is 1. The molecule has 2 heterocycles. The zero-order valence-electron chi connectivity index (χ0n) is 15.9. The Morgan fingerprint density at radius 2 is 2.12 bits per heavy atom. The van der Waals surface area contributed by atoms with Crippen LogP contribution in [0.2, 0.25) is 0 Å². The van der Waals surface area contributed by atoms with Crippen LogP contribution in [-0.2, 0) is 11.8 Å². The Morgan fingerprint density at radius 3 is 3.00 bits per heavy atom. The van der Waals surface area contributed by atoms with Crippen LogP contribution >= 0.6 is 0 Å². The number of rotatable bonds is 2. The van der Waals surface area contributed by atoms with Crippen molar-refractivity contribution in [3.05, 3.63) is 53.2 Å². The van der Waals surface area contributed by atoms with Gasteiger partial charge in [0.1, 0.15) is 5.75 Å². The Morgan fingerprint density at radius 1 is 1.19 bits per heavy atom. The van der Waals surface area contributed by atoms with E-state index in [4.69, 9.17) is 4.74 Å². The summed E-state index contributed by atoms with van der Waals surface area (Å²) in [7, 11) is 2.33. The number of benzene rings is 1. The molecule has 2 aliphatic carbocycles. The fourth-order valence-corrected chi connectivity index (χ4v) is 5.93. The molecule has 0 radical (unpaired) electrons. The van der Waals surface area contributed by atoms with Crippen molar-refractivity contribution in [2.24, 2.45) is 5.92 Å². The highest BCUT2D eigenvalue weighted by atomic mass is 16.5. The van der Waals surface area contributed by atoms with Crippen molar-refractivity contribution < 1.29 is 4.74 Å². The summed E-state index contributed by atoms with van der Waals surface area (Å²) in [6.07, 6.45) is 9.80. The lowest BCUT2D eigenvalue weighted by Gasteiger charge is -2.58. The van der Waals surface area contributed by atoms with Crippen molar-refractivity contribution in [1.29, 1.82) is 0 Å². The number of pyridine rings is 1. The van der Waals surface area contributed by atoms with Crippen LogP contribution in [0.15, 0.2) is 36.5 Å². The SMILES string of the molecule is Cc1cccnc1Oc1ccc2c(c1)[C@]13CCCC[C@@H]1[C@H](C2)N(C)CC3. The highest BCUT2D eigenvalue weighted by Gasteiger charge is 2.53. The molecule has 1 saturated carbocycles. The summed E-state index contributed by atoms with van der Waals surface area (Å²) in [5.74, 6) is 2.48. The van der Waals surface area contributed by atoms with E-state index in [-0.39, 0.29) is 0 Å². The molecule has 2 aromatic rings. The minimum Gasteiger partial charge on any atom is -0.439 e. The molecule has 2 fully saturated rings. The summed E-state index contributed by atoms with van der Waals surface area (Å²) in [5.41, 5.74) is 4.59. The average Bonchev–Trinajstić information content (AvgIpc) is 2.67. The number of hydrogen-bond acceptors (Lipinski definition) is 3. The minimum atomic E-state index is 0.377. The molecule has 1 aromatic carbocycles. The number of likely N-dealkylation sites (N-methyl/N-ethyl adjacent to an activating group) is 1. The van der Waals surface area contributed by atoms with Crippen LogP contribution in [0.1, 0.15) is 48.8 Å². The third-order valence-corrected chi connectivity index (χ3v) is 7.26. The van der Waals surface area contributed by atoms with Crippen molar-refractivity contribution in [3.63, 3.8) is 0 Å². The van der Waals surface area contributed by atoms with Gasteiger partial charge in [0, 0.05) is 23.2 Å². The number of likely N-dealkylation sites (tertiary alicyclic amines) is 1. The van der Waals surface area contributed by atoms with E-state index in [0.717, 1.165) is 29.2 Å². The normalized spacial score (nSPS) is 30.4. The molecule has 0 amide bonds. The smallest absolute Gasteiger partial charge is 0.222 e. The van der Waals surface area contributed by atoms with Gasteiger partial charge in [-0.15, -0.1) is 0 Å². The standard InChI is InChI=1S/C23H28N2O/c1-16-6-5-12-24-22(16)26-18-9-8-17-14-21-19-7-3-4-10-23(19,20(17)15-18)11-13-25(21)2/h5-6,8-9,12,15,19,21H,3-4,7,10-11,13-14H2,1-2H3/t19-,21+,23+/m1/s1. The van der Waals surface area contributed by atoms with E-state index in [1.807, 2.05) is 6.07 Å². The number of piperidine rings is 1. The van der Waals surface area contributed by atoms with Crippen LogP contribution in [-0.4, -0.2) is 29.5 Å². The first-order valence-electron chi connectivity index (χ1n) is 10.1. The number of hydrogen-bond donors (Lipinski definition) is 0. The first kappa shape index (κ1) is 16.3. The van der Waals surface area contributed by atoms with Gasteiger partial charge in [-0.25, -0.2) is 4.98 Å². The molecule has 136 valence electrons. The Kier molecular flexibility index (Phi) is 3.82. The molecule has 0 unspecified atom stereocenters. The molecule has 26 heavy (non-hydrogen) atoms. The second kappa shape index (κ2) is 6.09. The van der Waals surface area contributed by atoms with Gasteiger partial charge in [0.05, 0.1) is 0 Å². The molecule has 1 aromatic heterocycles. The van der Waals surface area contributed by atoms with Crippen LogP contribution < -0.4 is 4.74 Å². The van der Waals surface area contributed by atoms with E-state index < -0.39 is 0 Å². The molecule has 3 nitrogen and oxygen atoms in total. The van der Waals surface area contributed by atoms with Crippen LogP contribution in [0.3, 0.4) is 0 Å². The molecule has 2 bridgehead atoms. The largest absolute Gasteiger partial charge is 0.439 e. The first-order chi connectivity index (χ1) is 12.7. The second-order valence-corrected chi connectivity index (χ2v) is 8.56. The van der Waals surface area contributed by atoms with Gasteiger partial charge in [-0.1, -0.05) is 25.0 Å². The van der Waals surface area contributed by atoms with Gasteiger partial charge in [0.25, 0.3) is 0 Å². The van der Waals surface area contributed by atoms with Crippen LogP contribution in [0.4, 0.5) is 0 Å². The summed E-state index contributed by atoms with van der Waals surface area (Å²) in [6.45, 7) is 3.28. The molecule has 5 rings (SSSR count). The van der Waals surface area contributed by atoms with Crippen molar-refractivity contribution in [1.82, 2.24) is 9.88 Å². The van der Waals surface area contributed by atoms with Crippen LogP contribution in [0.25, 0.3) is 0 Å². The summed E-state index contributed by atoms with van der Waals surface area (Å²) in [5, 5.41) is 0. The van der Waals surface area contributed by atoms with E-state index in [1.165, 1.54) is 45.1 Å². The second-order valence-electron chi connectivity index (χ2n) is 8.56. The molecular weight excluding hydrogens is 320 g/mol. The number of ether oxygens (including phenoxy) is 1. The molecule has 3 heteroatoms. The van der Waals surface area contributed by atoms with Gasteiger partial charge in [0.15, 0.2) is 0 Å². The van der Waals surface area contributed by atoms with Gasteiger partial charge in [-0.2, -0.15) is 0 Å². The van der Waals surface area contributed by atoms with Crippen molar-refractivity contribution in [2.75, 3.05) is 13.6 Å². The van der Waals surface area contributed by atoms with Crippen molar-refractivity contribution in [3.8, 4) is 11.6 Å². The molecule has 0 N–H and O–H groups in total. The highest BCUT2D eigenvalue weighted by Crippen LogP contribution is 2.56. The lowest BCUT2D eigenvalue weighted by Crippen LogP contribution is -2.59. The third kappa shape index (κ3) is 2.40. The van der Waals surface area contributed by atoms with Crippen LogP contribution in [0, 0.1) is 12.8 Å². The maximum absolute atomic E-state index is 6.19. The topological polar surface area (TPSA) is 25.4 Å². The molecule has 3 atom stereocenters. The number of fused-ring (bicyclic) bond motifs is 1. The Balaban J connectivity index is 1.56. The summed E-state index contributed by atoms with van der Waals surface area (Å²) < 4.78 is 6.19. The van der Waals surface area contributed by atoms with Crippen molar-refractivity contribution >= 4 is 0 Å². The maximum Gasteiger partial charge on any atom is 0.222 e.